The molecule has 0 aliphatic rings. The van der Waals surface area contributed by atoms with Crippen LogP contribution >= 0.6 is 0 Å². The summed E-state index contributed by atoms with van der Waals surface area (Å²) in [5, 5.41) is 0. The van der Waals surface area contributed by atoms with Crippen molar-refractivity contribution >= 4 is 6.29 Å². The molecule has 0 amide bonds. The zero-order chi connectivity index (χ0) is 9.90. The third kappa shape index (κ3) is 2.86. The number of pyridine rings is 1. The first-order chi connectivity index (χ1) is 6.03. The standard InChI is InChI=1S/C10H13NO2/c1-10(2,3)13-9-4-5-11-6-8(9)7-12/h4-7H,1-3H3. The lowest BCUT2D eigenvalue weighted by atomic mass is 10.2. The number of aromatic nitrogens is 1. The Kier molecular flexibility index (Phi) is 2.66. The van der Waals surface area contributed by atoms with E-state index >= 15 is 0 Å². The Morgan fingerprint density at radius 1 is 1.46 bits per heavy atom. The highest BCUT2D eigenvalue weighted by molar-refractivity contribution is 5.78. The van der Waals surface area contributed by atoms with Crippen LogP contribution in [0.15, 0.2) is 18.5 Å². The molecule has 3 nitrogen and oxygen atoms in total. The fourth-order valence-corrected chi connectivity index (χ4v) is 0.905. The summed E-state index contributed by atoms with van der Waals surface area (Å²) in [6, 6.07) is 1.69. The molecule has 1 heterocycles. The molecule has 0 unspecified atom stereocenters. The number of carbonyl (C=O) groups is 1. The molecule has 0 fully saturated rings. The predicted octanol–water partition coefficient (Wildman–Crippen LogP) is 2.07. The van der Waals surface area contributed by atoms with Gasteiger partial charge in [0.2, 0.25) is 0 Å². The molecule has 0 aliphatic heterocycles. The van der Waals surface area contributed by atoms with Crippen molar-refractivity contribution in [2.45, 2.75) is 26.4 Å². The van der Waals surface area contributed by atoms with Crippen molar-refractivity contribution in [3.63, 3.8) is 0 Å². The Morgan fingerprint density at radius 3 is 2.69 bits per heavy atom. The van der Waals surface area contributed by atoms with Crippen molar-refractivity contribution in [3.05, 3.63) is 24.0 Å². The van der Waals surface area contributed by atoms with Crippen molar-refractivity contribution in [3.8, 4) is 5.75 Å². The molecule has 0 bridgehead atoms. The first-order valence-corrected chi connectivity index (χ1v) is 4.11. The summed E-state index contributed by atoms with van der Waals surface area (Å²) in [4.78, 5) is 14.4. The van der Waals surface area contributed by atoms with Crippen LogP contribution in [0.3, 0.4) is 0 Å². The van der Waals surface area contributed by atoms with E-state index in [0.29, 0.717) is 11.3 Å². The maximum Gasteiger partial charge on any atom is 0.155 e. The van der Waals surface area contributed by atoms with E-state index < -0.39 is 0 Å². The second kappa shape index (κ2) is 3.56. The number of hydrogen-bond acceptors (Lipinski definition) is 3. The first-order valence-electron chi connectivity index (χ1n) is 4.11. The number of nitrogens with zero attached hydrogens (tertiary/aromatic N) is 1. The van der Waals surface area contributed by atoms with Crippen LogP contribution in [0, 0.1) is 0 Å². The molecule has 0 aromatic carbocycles. The molecule has 0 saturated carbocycles. The number of rotatable bonds is 2. The van der Waals surface area contributed by atoms with Gasteiger partial charge in [-0.05, 0) is 26.8 Å². The minimum absolute atomic E-state index is 0.293. The second-order valence-electron chi connectivity index (χ2n) is 3.75. The van der Waals surface area contributed by atoms with Gasteiger partial charge in [-0.25, -0.2) is 0 Å². The Morgan fingerprint density at radius 2 is 2.15 bits per heavy atom. The van der Waals surface area contributed by atoms with Crippen molar-refractivity contribution in [1.82, 2.24) is 4.98 Å². The highest BCUT2D eigenvalue weighted by atomic mass is 16.5. The fraction of sp³-hybridized carbons (Fsp3) is 0.400. The summed E-state index contributed by atoms with van der Waals surface area (Å²) in [6.07, 6.45) is 3.84. The van der Waals surface area contributed by atoms with Gasteiger partial charge in [-0.2, -0.15) is 0 Å². The summed E-state index contributed by atoms with van der Waals surface area (Å²) in [5.74, 6) is 0.581. The topological polar surface area (TPSA) is 39.2 Å². The molecule has 0 N–H and O–H groups in total. The molecule has 13 heavy (non-hydrogen) atoms. The SMILES string of the molecule is CC(C)(C)Oc1ccncc1C=O. The number of ether oxygens (including phenoxy) is 1. The van der Waals surface area contributed by atoms with Crippen molar-refractivity contribution in [2.24, 2.45) is 0 Å². The van der Waals surface area contributed by atoms with E-state index in [2.05, 4.69) is 4.98 Å². The van der Waals surface area contributed by atoms with Crippen molar-refractivity contribution in [1.29, 1.82) is 0 Å². The van der Waals surface area contributed by atoms with Crippen LogP contribution in [0.5, 0.6) is 5.75 Å². The van der Waals surface area contributed by atoms with Gasteiger partial charge in [0.1, 0.15) is 11.4 Å². The molecule has 0 spiro atoms. The number of hydrogen-bond donors (Lipinski definition) is 0. The summed E-state index contributed by atoms with van der Waals surface area (Å²) in [6.45, 7) is 5.80. The zero-order valence-electron chi connectivity index (χ0n) is 8.07. The Labute approximate surface area is 77.8 Å². The summed E-state index contributed by atoms with van der Waals surface area (Å²) >= 11 is 0. The fourth-order valence-electron chi connectivity index (χ4n) is 0.905. The molecule has 1 aromatic heterocycles. The van der Waals surface area contributed by atoms with E-state index in [1.165, 1.54) is 6.20 Å². The van der Waals surface area contributed by atoms with Gasteiger partial charge in [0.15, 0.2) is 6.29 Å². The molecule has 0 radical (unpaired) electrons. The molecule has 0 aliphatic carbocycles. The monoisotopic (exact) mass is 179 g/mol. The molecule has 1 aromatic rings. The van der Waals surface area contributed by atoms with Gasteiger partial charge in [-0.3, -0.25) is 9.78 Å². The molecular formula is C10H13NO2. The van der Waals surface area contributed by atoms with E-state index in [1.807, 2.05) is 20.8 Å². The van der Waals surface area contributed by atoms with Crippen LogP contribution in [0.2, 0.25) is 0 Å². The van der Waals surface area contributed by atoms with E-state index in [4.69, 9.17) is 4.74 Å². The lowest BCUT2D eigenvalue weighted by Crippen LogP contribution is -2.23. The summed E-state index contributed by atoms with van der Waals surface area (Å²) in [5.41, 5.74) is 0.191. The average Bonchev–Trinajstić information content (AvgIpc) is 2.02. The minimum atomic E-state index is -0.293. The predicted molar refractivity (Wildman–Crippen MR) is 50.0 cm³/mol. The van der Waals surface area contributed by atoms with Crippen molar-refractivity contribution in [2.75, 3.05) is 0 Å². The smallest absolute Gasteiger partial charge is 0.155 e. The van der Waals surface area contributed by atoms with Crippen LogP contribution in [0.25, 0.3) is 0 Å². The molecule has 3 heteroatoms. The van der Waals surface area contributed by atoms with Crippen molar-refractivity contribution < 1.29 is 9.53 Å². The van der Waals surface area contributed by atoms with Crippen LogP contribution < -0.4 is 4.74 Å². The van der Waals surface area contributed by atoms with Gasteiger partial charge in [-0.15, -0.1) is 0 Å². The van der Waals surface area contributed by atoms with E-state index in [-0.39, 0.29) is 5.60 Å². The van der Waals surface area contributed by atoms with Gasteiger partial charge in [-0.1, -0.05) is 0 Å². The third-order valence-electron chi connectivity index (χ3n) is 1.35. The highest BCUT2D eigenvalue weighted by Crippen LogP contribution is 2.20. The van der Waals surface area contributed by atoms with E-state index in [0.717, 1.165) is 6.29 Å². The highest BCUT2D eigenvalue weighted by Gasteiger charge is 2.13. The maximum absolute atomic E-state index is 10.6. The van der Waals surface area contributed by atoms with Gasteiger partial charge in [0.25, 0.3) is 0 Å². The Bertz CT molecular complexity index is 302. The molecule has 1 rings (SSSR count). The number of carbonyl (C=O) groups excluding carboxylic acids is 1. The Balaban J connectivity index is 2.94. The van der Waals surface area contributed by atoms with E-state index in [1.54, 1.807) is 12.3 Å². The largest absolute Gasteiger partial charge is 0.487 e. The lowest BCUT2D eigenvalue weighted by molar-refractivity contribution is 0.109. The molecular weight excluding hydrogens is 166 g/mol. The van der Waals surface area contributed by atoms with Crippen LogP contribution in [0.4, 0.5) is 0 Å². The molecule has 0 atom stereocenters. The van der Waals surface area contributed by atoms with Gasteiger partial charge >= 0.3 is 0 Å². The summed E-state index contributed by atoms with van der Waals surface area (Å²) in [7, 11) is 0. The quantitative estimate of drug-likeness (QED) is 0.652. The maximum atomic E-state index is 10.6. The van der Waals surface area contributed by atoms with E-state index in [9.17, 15) is 4.79 Å². The lowest BCUT2D eigenvalue weighted by Gasteiger charge is -2.21. The normalized spacial score (nSPS) is 11.0. The van der Waals surface area contributed by atoms with Crippen LogP contribution in [-0.4, -0.2) is 16.9 Å². The Hall–Kier alpha value is -1.38. The second-order valence-corrected chi connectivity index (χ2v) is 3.75. The van der Waals surface area contributed by atoms with Crippen LogP contribution in [-0.2, 0) is 0 Å². The van der Waals surface area contributed by atoms with Crippen LogP contribution in [0.1, 0.15) is 31.1 Å². The van der Waals surface area contributed by atoms with Gasteiger partial charge < -0.3 is 4.74 Å². The molecule has 70 valence electrons. The molecule has 0 saturated heterocycles. The minimum Gasteiger partial charge on any atom is -0.487 e. The summed E-state index contributed by atoms with van der Waals surface area (Å²) < 4.78 is 5.55. The zero-order valence-corrected chi connectivity index (χ0v) is 8.07. The number of aldehydes is 1. The third-order valence-corrected chi connectivity index (χ3v) is 1.35. The van der Waals surface area contributed by atoms with Gasteiger partial charge in [0, 0.05) is 12.4 Å². The average molecular weight is 179 g/mol. The first kappa shape index (κ1) is 9.71. The van der Waals surface area contributed by atoms with Gasteiger partial charge in [0.05, 0.1) is 5.56 Å².